The van der Waals surface area contributed by atoms with E-state index in [-0.39, 0.29) is 11.8 Å². The smallest absolute Gasteiger partial charge is 0.261 e. The molecule has 0 fully saturated rings. The molecule has 2 aromatic carbocycles. The van der Waals surface area contributed by atoms with Gasteiger partial charge >= 0.3 is 0 Å². The molecule has 5 nitrogen and oxygen atoms in total. The van der Waals surface area contributed by atoms with Gasteiger partial charge < -0.3 is 10.6 Å². The van der Waals surface area contributed by atoms with Gasteiger partial charge in [0.1, 0.15) is 0 Å². The molecule has 1 aliphatic heterocycles. The number of imide groups is 1. The summed E-state index contributed by atoms with van der Waals surface area (Å²) in [5, 5.41) is 0. The van der Waals surface area contributed by atoms with E-state index in [1.807, 2.05) is 18.2 Å². The highest BCUT2D eigenvalue weighted by atomic mass is 16.2. The Hall–Kier alpha value is -2.66. The van der Waals surface area contributed by atoms with Crippen molar-refractivity contribution in [2.75, 3.05) is 25.9 Å². The fraction of sp³-hybridized carbons (Fsp3) is 0.300. The third kappa shape index (κ3) is 3.88. The number of benzene rings is 2. The lowest BCUT2D eigenvalue weighted by Crippen LogP contribution is -2.31. The van der Waals surface area contributed by atoms with Crippen LogP contribution in [-0.4, -0.2) is 41.8 Å². The Labute approximate surface area is 148 Å². The van der Waals surface area contributed by atoms with Gasteiger partial charge in [-0.15, -0.1) is 0 Å². The topological polar surface area (TPSA) is 66.6 Å². The van der Waals surface area contributed by atoms with Crippen LogP contribution < -0.4 is 5.73 Å². The molecule has 1 aliphatic rings. The van der Waals surface area contributed by atoms with E-state index in [2.05, 4.69) is 24.1 Å². The van der Waals surface area contributed by atoms with Gasteiger partial charge in [0, 0.05) is 18.8 Å². The van der Waals surface area contributed by atoms with Crippen LogP contribution >= 0.6 is 0 Å². The molecule has 2 aromatic rings. The van der Waals surface area contributed by atoms with Crippen LogP contribution in [0.2, 0.25) is 0 Å². The first-order valence-corrected chi connectivity index (χ1v) is 8.54. The second-order valence-corrected chi connectivity index (χ2v) is 6.50. The first kappa shape index (κ1) is 17.2. The average molecular weight is 337 g/mol. The van der Waals surface area contributed by atoms with Gasteiger partial charge in [0.25, 0.3) is 11.8 Å². The zero-order valence-electron chi connectivity index (χ0n) is 14.4. The number of carbonyl (C=O) groups excluding carboxylic acids is 2. The second-order valence-electron chi connectivity index (χ2n) is 6.50. The highest BCUT2D eigenvalue weighted by Gasteiger charge is 2.34. The Morgan fingerprint density at radius 1 is 0.960 bits per heavy atom. The van der Waals surface area contributed by atoms with E-state index >= 15 is 0 Å². The molecule has 0 saturated carbocycles. The number of amides is 2. The summed E-state index contributed by atoms with van der Waals surface area (Å²) in [4.78, 5) is 28.3. The van der Waals surface area contributed by atoms with Crippen LogP contribution in [0.15, 0.2) is 48.5 Å². The van der Waals surface area contributed by atoms with E-state index in [0.717, 1.165) is 25.9 Å². The molecule has 2 N–H and O–H groups in total. The minimum atomic E-state index is -0.232. The summed E-state index contributed by atoms with van der Waals surface area (Å²) in [6.45, 7) is 2.27. The molecule has 130 valence electrons. The maximum atomic E-state index is 12.4. The molecule has 3 rings (SSSR count). The van der Waals surface area contributed by atoms with Gasteiger partial charge in [-0.25, -0.2) is 0 Å². The van der Waals surface area contributed by atoms with Crippen molar-refractivity contribution in [3.8, 4) is 0 Å². The first-order valence-electron chi connectivity index (χ1n) is 8.54. The number of anilines is 1. The maximum absolute atomic E-state index is 12.4. The predicted octanol–water partition coefficient (Wildman–Crippen LogP) is 2.78. The Bertz CT molecular complexity index is 774. The second kappa shape index (κ2) is 7.49. The van der Waals surface area contributed by atoms with Crippen molar-refractivity contribution in [1.82, 2.24) is 9.80 Å². The number of fused-ring (bicyclic) bond motifs is 1. The SMILES string of the molecule is CN(CCCCN1C(=O)c2ccc(N)cc2C1=O)Cc1ccccc1. The minimum absolute atomic E-state index is 0.211. The molecule has 0 aromatic heterocycles. The Balaban J connectivity index is 1.47. The largest absolute Gasteiger partial charge is 0.399 e. The summed E-state index contributed by atoms with van der Waals surface area (Å²) >= 11 is 0. The maximum Gasteiger partial charge on any atom is 0.261 e. The molecule has 1 heterocycles. The molecule has 25 heavy (non-hydrogen) atoms. The Morgan fingerprint density at radius 3 is 2.44 bits per heavy atom. The van der Waals surface area contributed by atoms with Gasteiger partial charge in [0.05, 0.1) is 11.1 Å². The molecule has 0 spiro atoms. The van der Waals surface area contributed by atoms with E-state index in [0.29, 0.717) is 23.4 Å². The number of nitrogens with zero attached hydrogens (tertiary/aromatic N) is 2. The highest BCUT2D eigenvalue weighted by molar-refractivity contribution is 6.21. The number of rotatable bonds is 7. The summed E-state index contributed by atoms with van der Waals surface area (Å²) in [5.41, 5.74) is 8.38. The summed E-state index contributed by atoms with van der Waals surface area (Å²) < 4.78 is 0. The van der Waals surface area contributed by atoms with Gasteiger partial charge in [-0.2, -0.15) is 0 Å². The van der Waals surface area contributed by atoms with Crippen LogP contribution in [0.5, 0.6) is 0 Å². The number of hydrogen-bond acceptors (Lipinski definition) is 4. The zero-order valence-corrected chi connectivity index (χ0v) is 14.4. The van der Waals surface area contributed by atoms with Crippen molar-refractivity contribution < 1.29 is 9.59 Å². The standard InChI is InChI=1S/C20H23N3O2/c1-22(14-15-7-3-2-4-8-15)11-5-6-12-23-19(24)17-10-9-16(21)13-18(17)20(23)25/h2-4,7-10,13H,5-6,11-12,14,21H2,1H3. The molecule has 0 radical (unpaired) electrons. The minimum Gasteiger partial charge on any atom is -0.399 e. The van der Waals surface area contributed by atoms with E-state index < -0.39 is 0 Å². The fourth-order valence-corrected chi connectivity index (χ4v) is 3.14. The molecular formula is C20H23N3O2. The Kier molecular flexibility index (Phi) is 5.14. The highest BCUT2D eigenvalue weighted by Crippen LogP contribution is 2.25. The van der Waals surface area contributed by atoms with Crippen LogP contribution in [0.25, 0.3) is 0 Å². The van der Waals surface area contributed by atoms with Crippen LogP contribution in [0.3, 0.4) is 0 Å². The van der Waals surface area contributed by atoms with Crippen molar-refractivity contribution in [2.45, 2.75) is 19.4 Å². The quantitative estimate of drug-likeness (QED) is 0.479. The van der Waals surface area contributed by atoms with Crippen molar-refractivity contribution in [3.05, 3.63) is 65.2 Å². The third-order valence-electron chi connectivity index (χ3n) is 4.46. The third-order valence-corrected chi connectivity index (χ3v) is 4.46. The molecule has 0 saturated heterocycles. The van der Waals surface area contributed by atoms with Crippen molar-refractivity contribution in [1.29, 1.82) is 0 Å². The number of nitrogen functional groups attached to an aromatic ring is 1. The van der Waals surface area contributed by atoms with Gasteiger partial charge in [0.15, 0.2) is 0 Å². The average Bonchev–Trinajstić information content (AvgIpc) is 2.83. The zero-order chi connectivity index (χ0) is 17.8. The number of hydrogen-bond donors (Lipinski definition) is 1. The van der Waals surface area contributed by atoms with Crippen LogP contribution in [-0.2, 0) is 6.54 Å². The van der Waals surface area contributed by atoms with E-state index in [4.69, 9.17) is 5.73 Å². The number of carbonyl (C=O) groups is 2. The molecule has 0 atom stereocenters. The summed E-state index contributed by atoms with van der Waals surface area (Å²) in [6, 6.07) is 15.2. The van der Waals surface area contributed by atoms with Crippen molar-refractivity contribution >= 4 is 17.5 Å². The molecule has 0 bridgehead atoms. The molecule has 0 unspecified atom stereocenters. The monoisotopic (exact) mass is 337 g/mol. The first-order chi connectivity index (χ1) is 12.1. The summed E-state index contributed by atoms with van der Waals surface area (Å²) in [5.74, 6) is -0.442. The van der Waals surface area contributed by atoms with Gasteiger partial charge in [0.2, 0.25) is 0 Å². The number of unbranched alkanes of at least 4 members (excludes halogenated alkanes) is 1. The lowest BCUT2D eigenvalue weighted by Gasteiger charge is -2.18. The normalized spacial score (nSPS) is 13.6. The lowest BCUT2D eigenvalue weighted by molar-refractivity contribution is 0.0650. The Morgan fingerprint density at radius 2 is 1.68 bits per heavy atom. The van der Waals surface area contributed by atoms with Crippen molar-refractivity contribution in [2.24, 2.45) is 0 Å². The van der Waals surface area contributed by atoms with Crippen molar-refractivity contribution in [3.63, 3.8) is 0 Å². The van der Waals surface area contributed by atoms with Crippen LogP contribution in [0.1, 0.15) is 39.1 Å². The van der Waals surface area contributed by atoms with Gasteiger partial charge in [-0.3, -0.25) is 14.5 Å². The van der Waals surface area contributed by atoms with Gasteiger partial charge in [-0.1, -0.05) is 30.3 Å². The summed E-state index contributed by atoms with van der Waals surface area (Å²) in [6.07, 6.45) is 1.72. The van der Waals surface area contributed by atoms with Crippen LogP contribution in [0.4, 0.5) is 5.69 Å². The van der Waals surface area contributed by atoms with E-state index in [1.54, 1.807) is 18.2 Å². The molecular weight excluding hydrogens is 314 g/mol. The van der Waals surface area contributed by atoms with Crippen LogP contribution in [0, 0.1) is 0 Å². The van der Waals surface area contributed by atoms with E-state index in [1.165, 1.54) is 10.5 Å². The summed E-state index contributed by atoms with van der Waals surface area (Å²) in [7, 11) is 2.08. The predicted molar refractivity (Wildman–Crippen MR) is 98.2 cm³/mol. The number of nitrogens with two attached hydrogens (primary N) is 1. The van der Waals surface area contributed by atoms with E-state index in [9.17, 15) is 9.59 Å². The fourth-order valence-electron chi connectivity index (χ4n) is 3.14. The molecule has 2 amide bonds. The van der Waals surface area contributed by atoms with Gasteiger partial charge in [-0.05, 0) is 50.2 Å². The molecule has 5 heteroatoms. The lowest BCUT2D eigenvalue weighted by atomic mass is 10.1. The molecule has 0 aliphatic carbocycles.